The highest BCUT2D eigenvalue weighted by atomic mass is 16.4. The number of piperidine rings is 1. The average molecular weight is 397 g/mol. The van der Waals surface area contributed by atoms with Crippen LogP contribution in [0.3, 0.4) is 0 Å². The third-order valence-electron chi connectivity index (χ3n) is 5.84. The summed E-state index contributed by atoms with van der Waals surface area (Å²) in [6.45, 7) is 2.80. The van der Waals surface area contributed by atoms with E-state index in [2.05, 4.69) is 15.7 Å². The van der Waals surface area contributed by atoms with E-state index in [4.69, 9.17) is 5.11 Å². The van der Waals surface area contributed by atoms with E-state index in [1.807, 2.05) is 37.3 Å². The van der Waals surface area contributed by atoms with E-state index in [1.54, 1.807) is 4.68 Å². The second-order valence-corrected chi connectivity index (χ2v) is 7.54. The molecule has 29 heavy (non-hydrogen) atoms. The minimum atomic E-state index is -0.924. The number of hydrogen-bond acceptors (Lipinski definition) is 4. The van der Waals surface area contributed by atoms with Crippen molar-refractivity contribution in [1.29, 1.82) is 0 Å². The zero-order valence-corrected chi connectivity index (χ0v) is 16.2. The zero-order chi connectivity index (χ0) is 20.7. The molecule has 1 saturated heterocycles. The van der Waals surface area contributed by atoms with Crippen LogP contribution in [0.25, 0.3) is 0 Å². The van der Waals surface area contributed by atoms with E-state index in [0.29, 0.717) is 18.8 Å². The molecule has 4 rings (SSSR count). The Morgan fingerprint density at radius 2 is 1.79 bits per heavy atom. The van der Waals surface area contributed by atoms with Crippen LogP contribution < -0.4 is 10.6 Å². The highest BCUT2D eigenvalue weighted by Gasteiger charge is 2.57. The summed E-state index contributed by atoms with van der Waals surface area (Å²) in [5.74, 6) is -0.372. The van der Waals surface area contributed by atoms with Gasteiger partial charge in [-0.3, -0.25) is 14.3 Å². The number of aromatic nitrogens is 2. The summed E-state index contributed by atoms with van der Waals surface area (Å²) < 4.78 is 1.57. The number of nitrogens with one attached hydrogen (secondary N) is 2. The molecule has 4 atom stereocenters. The van der Waals surface area contributed by atoms with Crippen LogP contribution in [0.4, 0.5) is 4.79 Å². The Balaban J connectivity index is 1.55. The van der Waals surface area contributed by atoms with Crippen molar-refractivity contribution >= 4 is 17.9 Å². The number of benzene rings is 1. The Morgan fingerprint density at radius 1 is 1.14 bits per heavy atom. The molecule has 9 heteroatoms. The number of hydrogen-bond donors (Lipinski definition) is 3. The Kier molecular flexibility index (Phi) is 4.73. The number of nitrogens with zero attached hydrogens (tertiary/aromatic N) is 3. The Morgan fingerprint density at radius 3 is 2.38 bits per heavy atom. The standard InChI is InChI=1S/C20H23N5O4/c1-11(12-6-4-3-5-7-12)25-16(8-15(23-25)18(26)21-2)19(27)22-17-13-9-24(20(28)29)10-14(13)17/h3-8,11,13-14,17H,9-10H2,1-2H3,(H,21,26)(H,22,27)(H,28,29)/t11-,13-,14+,17+/m0/s1. The maximum atomic E-state index is 13.0. The van der Waals surface area contributed by atoms with E-state index < -0.39 is 6.09 Å². The lowest BCUT2D eigenvalue weighted by Crippen LogP contribution is -2.37. The highest BCUT2D eigenvalue weighted by molar-refractivity contribution is 5.98. The summed E-state index contributed by atoms with van der Waals surface area (Å²) in [6, 6.07) is 10.8. The Hall–Kier alpha value is -3.36. The average Bonchev–Trinajstić information content (AvgIpc) is 3.11. The minimum Gasteiger partial charge on any atom is -0.465 e. The van der Waals surface area contributed by atoms with Crippen molar-refractivity contribution in [3.05, 3.63) is 53.3 Å². The molecule has 9 nitrogen and oxygen atoms in total. The molecule has 2 fully saturated rings. The van der Waals surface area contributed by atoms with Crippen molar-refractivity contribution in [3.8, 4) is 0 Å². The smallest absolute Gasteiger partial charge is 0.407 e. The van der Waals surface area contributed by atoms with Crippen LogP contribution in [0.15, 0.2) is 36.4 Å². The molecule has 1 saturated carbocycles. The maximum Gasteiger partial charge on any atom is 0.407 e. The van der Waals surface area contributed by atoms with Gasteiger partial charge in [-0.25, -0.2) is 4.79 Å². The molecule has 2 heterocycles. The summed E-state index contributed by atoms with van der Waals surface area (Å²) in [4.78, 5) is 37.5. The fourth-order valence-electron chi connectivity index (χ4n) is 4.09. The lowest BCUT2D eigenvalue weighted by atomic mass is 10.1. The van der Waals surface area contributed by atoms with Crippen LogP contribution in [0.5, 0.6) is 0 Å². The van der Waals surface area contributed by atoms with Gasteiger partial charge >= 0.3 is 6.09 Å². The van der Waals surface area contributed by atoms with Crippen LogP contribution in [0.2, 0.25) is 0 Å². The maximum absolute atomic E-state index is 13.0. The third kappa shape index (κ3) is 3.43. The number of carbonyl (C=O) groups excluding carboxylic acids is 2. The molecule has 3 N–H and O–H groups in total. The van der Waals surface area contributed by atoms with Gasteiger partial charge in [0.05, 0.1) is 6.04 Å². The van der Waals surface area contributed by atoms with Crippen LogP contribution in [-0.2, 0) is 0 Å². The largest absolute Gasteiger partial charge is 0.465 e. The molecule has 152 valence electrons. The van der Waals surface area contributed by atoms with Gasteiger partial charge in [0.15, 0.2) is 5.69 Å². The number of fused-ring (bicyclic) bond motifs is 1. The zero-order valence-electron chi connectivity index (χ0n) is 16.2. The molecule has 3 amide bonds. The van der Waals surface area contributed by atoms with Gasteiger partial charge < -0.3 is 20.6 Å². The van der Waals surface area contributed by atoms with Crippen LogP contribution in [0.1, 0.15) is 39.5 Å². The summed E-state index contributed by atoms with van der Waals surface area (Å²) in [5, 5.41) is 19.0. The van der Waals surface area contributed by atoms with Gasteiger partial charge in [0.25, 0.3) is 11.8 Å². The van der Waals surface area contributed by atoms with Crippen molar-refractivity contribution in [2.45, 2.75) is 19.0 Å². The van der Waals surface area contributed by atoms with Gasteiger partial charge in [0.1, 0.15) is 5.69 Å². The first kappa shape index (κ1) is 19.0. The predicted molar refractivity (Wildman–Crippen MR) is 104 cm³/mol. The molecule has 0 radical (unpaired) electrons. The monoisotopic (exact) mass is 397 g/mol. The summed E-state index contributed by atoms with van der Waals surface area (Å²) in [6.07, 6.45) is -0.924. The number of amides is 3. The molecular weight excluding hydrogens is 374 g/mol. The molecule has 0 unspecified atom stereocenters. The van der Waals surface area contributed by atoms with E-state index in [9.17, 15) is 14.4 Å². The molecular formula is C20H23N5O4. The molecule has 1 aromatic heterocycles. The quantitative estimate of drug-likeness (QED) is 0.701. The first-order valence-corrected chi connectivity index (χ1v) is 9.56. The molecule has 0 spiro atoms. The second-order valence-electron chi connectivity index (χ2n) is 7.54. The summed E-state index contributed by atoms with van der Waals surface area (Å²) in [5.41, 5.74) is 1.45. The fraction of sp³-hybridized carbons (Fsp3) is 0.400. The molecule has 1 aliphatic heterocycles. The number of likely N-dealkylation sites (tertiary alicyclic amines) is 1. The normalized spacial score (nSPS) is 23.2. The van der Waals surface area contributed by atoms with Crippen molar-refractivity contribution in [3.63, 3.8) is 0 Å². The fourth-order valence-corrected chi connectivity index (χ4v) is 4.09. The summed E-state index contributed by atoms with van der Waals surface area (Å²) >= 11 is 0. The van der Waals surface area contributed by atoms with Gasteiger partial charge in [0, 0.05) is 44.1 Å². The molecule has 2 aliphatic rings. The second kappa shape index (κ2) is 7.23. The number of carbonyl (C=O) groups is 3. The molecule has 0 bridgehead atoms. The van der Waals surface area contributed by atoms with Gasteiger partial charge in [-0.2, -0.15) is 5.10 Å². The first-order valence-electron chi connectivity index (χ1n) is 9.56. The van der Waals surface area contributed by atoms with E-state index >= 15 is 0 Å². The SMILES string of the molecule is CNC(=O)c1cc(C(=O)N[C@H]2[C@@H]3CN(C(=O)O)C[C@@H]32)n([C@@H](C)c2ccccc2)n1. The molecule has 1 aromatic carbocycles. The lowest BCUT2D eigenvalue weighted by Gasteiger charge is -2.18. The van der Waals surface area contributed by atoms with E-state index in [1.165, 1.54) is 18.0 Å². The lowest BCUT2D eigenvalue weighted by molar-refractivity contribution is 0.0928. The molecule has 1 aliphatic carbocycles. The van der Waals surface area contributed by atoms with Crippen molar-refractivity contribution in [2.24, 2.45) is 11.8 Å². The number of rotatable bonds is 5. The van der Waals surface area contributed by atoms with Gasteiger partial charge in [-0.1, -0.05) is 30.3 Å². The topological polar surface area (TPSA) is 117 Å². The van der Waals surface area contributed by atoms with Crippen molar-refractivity contribution in [1.82, 2.24) is 25.3 Å². The third-order valence-corrected chi connectivity index (χ3v) is 5.84. The van der Waals surface area contributed by atoms with Crippen molar-refractivity contribution in [2.75, 3.05) is 20.1 Å². The van der Waals surface area contributed by atoms with Crippen LogP contribution in [-0.4, -0.2) is 63.9 Å². The Bertz CT molecular complexity index is 945. The first-order chi connectivity index (χ1) is 13.9. The van der Waals surface area contributed by atoms with Gasteiger partial charge in [0.2, 0.25) is 0 Å². The highest BCUT2D eigenvalue weighted by Crippen LogP contribution is 2.45. The van der Waals surface area contributed by atoms with Gasteiger partial charge in [-0.15, -0.1) is 0 Å². The minimum absolute atomic E-state index is 0.0445. The van der Waals surface area contributed by atoms with Crippen LogP contribution in [0, 0.1) is 11.8 Å². The van der Waals surface area contributed by atoms with E-state index in [0.717, 1.165) is 5.56 Å². The van der Waals surface area contributed by atoms with Crippen molar-refractivity contribution < 1.29 is 19.5 Å². The predicted octanol–water partition coefficient (Wildman–Crippen LogP) is 1.19. The summed E-state index contributed by atoms with van der Waals surface area (Å²) in [7, 11) is 1.52. The Labute approximate surface area is 167 Å². The van der Waals surface area contributed by atoms with E-state index in [-0.39, 0.29) is 41.4 Å². The van der Waals surface area contributed by atoms with Crippen LogP contribution >= 0.6 is 0 Å². The molecule has 2 aromatic rings. The number of carboxylic acid groups (broad SMARTS) is 1. The van der Waals surface area contributed by atoms with Gasteiger partial charge in [-0.05, 0) is 12.5 Å².